The first-order chi connectivity index (χ1) is 8.43. The van der Waals surface area contributed by atoms with Gasteiger partial charge in [-0.2, -0.15) is 0 Å². The van der Waals surface area contributed by atoms with Gasteiger partial charge in [0.15, 0.2) is 11.5 Å². The lowest BCUT2D eigenvalue weighted by atomic mass is 9.97. The van der Waals surface area contributed by atoms with Gasteiger partial charge in [-0.1, -0.05) is 6.07 Å². The van der Waals surface area contributed by atoms with Crippen LogP contribution in [0.4, 0.5) is 0 Å². The van der Waals surface area contributed by atoms with E-state index in [0.29, 0.717) is 19.4 Å². The van der Waals surface area contributed by atoms with E-state index in [1.165, 1.54) is 24.0 Å². The molecule has 0 unspecified atom stereocenters. The van der Waals surface area contributed by atoms with Gasteiger partial charge in [0.1, 0.15) is 6.10 Å². The van der Waals surface area contributed by atoms with Crippen LogP contribution in [0.15, 0.2) is 12.1 Å². The van der Waals surface area contributed by atoms with Gasteiger partial charge in [0.2, 0.25) is 6.79 Å². The standard InChI is InChI=1S/C13H15NO3/c1-2-9(14-5-1)12-11-8(6-15-12)3-4-10-13(11)17-7-16-10/h3-4,9,12,14H,1-2,5-7H2/t9-,12+/m0/s1. The first-order valence-corrected chi connectivity index (χ1v) is 6.20. The highest BCUT2D eigenvalue weighted by Crippen LogP contribution is 2.47. The summed E-state index contributed by atoms with van der Waals surface area (Å²) in [5.41, 5.74) is 2.45. The predicted octanol–water partition coefficient (Wildman–Crippen LogP) is 1.74. The van der Waals surface area contributed by atoms with E-state index in [-0.39, 0.29) is 6.10 Å². The molecule has 0 amide bonds. The fraction of sp³-hybridized carbons (Fsp3) is 0.538. The Morgan fingerprint density at radius 2 is 2.24 bits per heavy atom. The molecule has 3 aliphatic heterocycles. The molecule has 1 fully saturated rings. The molecule has 4 heteroatoms. The van der Waals surface area contributed by atoms with Crippen molar-refractivity contribution in [2.45, 2.75) is 31.6 Å². The van der Waals surface area contributed by atoms with Gasteiger partial charge in [-0.3, -0.25) is 0 Å². The van der Waals surface area contributed by atoms with Crippen LogP contribution < -0.4 is 14.8 Å². The predicted molar refractivity (Wildman–Crippen MR) is 61.1 cm³/mol. The molecular weight excluding hydrogens is 218 g/mol. The molecule has 1 aromatic carbocycles. The van der Waals surface area contributed by atoms with Crippen LogP contribution in [0.25, 0.3) is 0 Å². The molecule has 3 aliphatic rings. The van der Waals surface area contributed by atoms with Crippen LogP contribution in [-0.4, -0.2) is 19.4 Å². The normalized spacial score (nSPS) is 29.6. The van der Waals surface area contributed by atoms with Crippen molar-refractivity contribution in [2.24, 2.45) is 0 Å². The van der Waals surface area contributed by atoms with Crippen LogP contribution in [-0.2, 0) is 11.3 Å². The van der Waals surface area contributed by atoms with Gasteiger partial charge in [-0.05, 0) is 31.0 Å². The summed E-state index contributed by atoms with van der Waals surface area (Å²) in [7, 11) is 0. The third-order valence-corrected chi connectivity index (χ3v) is 3.83. The van der Waals surface area contributed by atoms with E-state index in [9.17, 15) is 0 Å². The van der Waals surface area contributed by atoms with Crippen molar-refractivity contribution in [3.05, 3.63) is 23.3 Å². The summed E-state index contributed by atoms with van der Waals surface area (Å²) in [4.78, 5) is 0. The third-order valence-electron chi connectivity index (χ3n) is 3.83. The molecule has 4 nitrogen and oxygen atoms in total. The average Bonchev–Trinajstić information content (AvgIpc) is 3.08. The Morgan fingerprint density at radius 3 is 3.12 bits per heavy atom. The minimum absolute atomic E-state index is 0.129. The summed E-state index contributed by atoms with van der Waals surface area (Å²) in [5.74, 6) is 1.76. The summed E-state index contributed by atoms with van der Waals surface area (Å²) in [6.45, 7) is 2.11. The van der Waals surface area contributed by atoms with E-state index in [1.54, 1.807) is 0 Å². The molecule has 2 atom stereocenters. The maximum atomic E-state index is 5.93. The minimum atomic E-state index is 0.129. The van der Waals surface area contributed by atoms with E-state index in [0.717, 1.165) is 18.0 Å². The fourth-order valence-corrected chi connectivity index (χ4v) is 3.02. The maximum absolute atomic E-state index is 5.93. The number of hydrogen-bond acceptors (Lipinski definition) is 4. The Balaban J connectivity index is 1.78. The fourth-order valence-electron chi connectivity index (χ4n) is 3.02. The first kappa shape index (κ1) is 9.74. The summed E-state index contributed by atoms with van der Waals surface area (Å²) >= 11 is 0. The second-order valence-corrected chi connectivity index (χ2v) is 4.81. The van der Waals surface area contributed by atoms with E-state index in [4.69, 9.17) is 14.2 Å². The van der Waals surface area contributed by atoms with Gasteiger partial charge in [0.25, 0.3) is 0 Å². The molecule has 1 aromatic rings. The number of hydrogen-bond donors (Lipinski definition) is 1. The van der Waals surface area contributed by atoms with Crippen LogP contribution in [0.2, 0.25) is 0 Å². The molecular formula is C13H15NO3. The quantitative estimate of drug-likeness (QED) is 0.802. The molecule has 17 heavy (non-hydrogen) atoms. The van der Waals surface area contributed by atoms with Gasteiger partial charge >= 0.3 is 0 Å². The highest BCUT2D eigenvalue weighted by atomic mass is 16.7. The molecule has 0 spiro atoms. The Morgan fingerprint density at radius 1 is 1.24 bits per heavy atom. The Bertz CT molecular complexity index is 454. The van der Waals surface area contributed by atoms with Crippen molar-refractivity contribution in [1.29, 1.82) is 0 Å². The largest absolute Gasteiger partial charge is 0.454 e. The number of fused-ring (bicyclic) bond motifs is 3. The van der Waals surface area contributed by atoms with E-state index < -0.39 is 0 Å². The Labute approximate surface area is 99.9 Å². The van der Waals surface area contributed by atoms with Crippen molar-refractivity contribution in [2.75, 3.05) is 13.3 Å². The molecule has 90 valence electrons. The summed E-state index contributed by atoms with van der Waals surface area (Å²) in [6, 6.07) is 4.50. The molecule has 0 saturated carbocycles. The van der Waals surface area contributed by atoms with Crippen molar-refractivity contribution in [3.8, 4) is 11.5 Å². The smallest absolute Gasteiger partial charge is 0.231 e. The van der Waals surface area contributed by atoms with Gasteiger partial charge in [0, 0.05) is 11.6 Å². The van der Waals surface area contributed by atoms with Crippen molar-refractivity contribution in [1.82, 2.24) is 5.32 Å². The lowest BCUT2D eigenvalue weighted by Gasteiger charge is -2.20. The zero-order chi connectivity index (χ0) is 11.2. The second kappa shape index (κ2) is 3.62. The molecule has 0 aliphatic carbocycles. The SMILES string of the molecule is c1cc2c(c3c1CO[C@@H]3[C@@H]1CCCN1)OCO2. The van der Waals surface area contributed by atoms with Gasteiger partial charge in [-0.15, -0.1) is 0 Å². The summed E-state index contributed by atoms with van der Waals surface area (Å²) in [6.07, 6.45) is 2.53. The summed E-state index contributed by atoms with van der Waals surface area (Å²) < 4.78 is 17.0. The first-order valence-electron chi connectivity index (χ1n) is 6.20. The average molecular weight is 233 g/mol. The van der Waals surface area contributed by atoms with E-state index >= 15 is 0 Å². The zero-order valence-electron chi connectivity index (χ0n) is 9.57. The Kier molecular flexibility index (Phi) is 2.07. The van der Waals surface area contributed by atoms with Crippen LogP contribution in [0.3, 0.4) is 0 Å². The number of rotatable bonds is 1. The topological polar surface area (TPSA) is 39.7 Å². The second-order valence-electron chi connectivity index (χ2n) is 4.81. The highest BCUT2D eigenvalue weighted by Gasteiger charge is 2.37. The lowest BCUT2D eigenvalue weighted by Crippen LogP contribution is -2.28. The lowest BCUT2D eigenvalue weighted by molar-refractivity contribution is 0.0412. The minimum Gasteiger partial charge on any atom is -0.454 e. The van der Waals surface area contributed by atoms with Crippen LogP contribution in [0, 0.1) is 0 Å². The maximum Gasteiger partial charge on any atom is 0.231 e. The molecule has 0 aromatic heterocycles. The van der Waals surface area contributed by atoms with Crippen LogP contribution in [0.5, 0.6) is 11.5 Å². The van der Waals surface area contributed by atoms with Gasteiger partial charge in [-0.25, -0.2) is 0 Å². The molecule has 0 bridgehead atoms. The van der Waals surface area contributed by atoms with Crippen LogP contribution in [0.1, 0.15) is 30.1 Å². The van der Waals surface area contributed by atoms with Crippen molar-refractivity contribution < 1.29 is 14.2 Å². The summed E-state index contributed by atoms with van der Waals surface area (Å²) in [5, 5.41) is 3.51. The molecule has 4 rings (SSSR count). The molecule has 3 heterocycles. The van der Waals surface area contributed by atoms with Gasteiger partial charge < -0.3 is 19.5 Å². The Hall–Kier alpha value is -1.26. The molecule has 1 saturated heterocycles. The van der Waals surface area contributed by atoms with Gasteiger partial charge in [0.05, 0.1) is 6.61 Å². The van der Waals surface area contributed by atoms with Crippen molar-refractivity contribution >= 4 is 0 Å². The highest BCUT2D eigenvalue weighted by molar-refractivity contribution is 5.54. The molecule has 0 radical (unpaired) electrons. The van der Waals surface area contributed by atoms with Crippen molar-refractivity contribution in [3.63, 3.8) is 0 Å². The molecule has 1 N–H and O–H groups in total. The zero-order valence-corrected chi connectivity index (χ0v) is 9.57. The van der Waals surface area contributed by atoms with E-state index in [2.05, 4.69) is 11.4 Å². The monoisotopic (exact) mass is 233 g/mol. The van der Waals surface area contributed by atoms with E-state index in [1.807, 2.05) is 6.07 Å². The number of ether oxygens (including phenoxy) is 3. The number of nitrogens with one attached hydrogen (secondary N) is 1. The third kappa shape index (κ3) is 1.37. The number of benzene rings is 1. The van der Waals surface area contributed by atoms with Crippen LogP contribution >= 0.6 is 0 Å².